The first-order valence-electron chi connectivity index (χ1n) is 7.75. The molecular formula is C16H22N2O4. The second kappa shape index (κ2) is 6.87. The maximum atomic E-state index is 11.9. The van der Waals surface area contributed by atoms with Crippen LogP contribution in [0.3, 0.4) is 0 Å². The van der Waals surface area contributed by atoms with Gasteiger partial charge in [-0.2, -0.15) is 0 Å². The van der Waals surface area contributed by atoms with E-state index in [-0.39, 0.29) is 11.9 Å². The molecular weight excluding hydrogens is 284 g/mol. The molecule has 1 fully saturated rings. The van der Waals surface area contributed by atoms with Gasteiger partial charge in [-0.3, -0.25) is 4.79 Å². The molecule has 1 atom stereocenters. The van der Waals surface area contributed by atoms with E-state index in [1.165, 1.54) is 0 Å². The summed E-state index contributed by atoms with van der Waals surface area (Å²) in [6.07, 6.45) is 2.97. The van der Waals surface area contributed by atoms with Crippen molar-refractivity contribution in [3.63, 3.8) is 0 Å². The van der Waals surface area contributed by atoms with Crippen molar-refractivity contribution >= 4 is 5.91 Å². The van der Waals surface area contributed by atoms with Crippen LogP contribution in [-0.2, 0) is 11.3 Å². The molecule has 0 saturated carbocycles. The molecule has 0 aromatic heterocycles. The summed E-state index contributed by atoms with van der Waals surface area (Å²) in [4.78, 5) is 11.9. The minimum absolute atomic E-state index is 0.0852. The molecule has 1 amide bonds. The third kappa shape index (κ3) is 3.27. The first-order chi connectivity index (χ1) is 10.8. The number of hydrogen-bond acceptors (Lipinski definition) is 5. The molecule has 120 valence electrons. The van der Waals surface area contributed by atoms with Crippen LogP contribution in [0.4, 0.5) is 0 Å². The molecule has 0 unspecified atom stereocenters. The van der Waals surface area contributed by atoms with Gasteiger partial charge in [-0.25, -0.2) is 0 Å². The van der Waals surface area contributed by atoms with Gasteiger partial charge < -0.3 is 24.8 Å². The number of methoxy groups -OCH3 is 1. The SMILES string of the molecule is COc1cc(CN[C@H]2CCCCNC2=O)cc2c1OCCO2. The van der Waals surface area contributed by atoms with Crippen molar-refractivity contribution in [3.8, 4) is 17.2 Å². The van der Waals surface area contributed by atoms with Gasteiger partial charge in [0.1, 0.15) is 13.2 Å². The Morgan fingerprint density at radius 1 is 1.32 bits per heavy atom. The summed E-state index contributed by atoms with van der Waals surface area (Å²) >= 11 is 0. The fraction of sp³-hybridized carbons (Fsp3) is 0.562. The van der Waals surface area contributed by atoms with Gasteiger partial charge >= 0.3 is 0 Å². The van der Waals surface area contributed by atoms with Crippen molar-refractivity contribution in [2.75, 3.05) is 26.9 Å². The zero-order valence-electron chi connectivity index (χ0n) is 12.8. The van der Waals surface area contributed by atoms with E-state index in [9.17, 15) is 4.79 Å². The lowest BCUT2D eigenvalue weighted by Crippen LogP contribution is -2.42. The van der Waals surface area contributed by atoms with Gasteiger partial charge in [0, 0.05) is 13.1 Å². The quantitative estimate of drug-likeness (QED) is 0.875. The number of rotatable bonds is 4. The van der Waals surface area contributed by atoms with E-state index in [1.807, 2.05) is 12.1 Å². The van der Waals surface area contributed by atoms with Crippen molar-refractivity contribution in [2.24, 2.45) is 0 Å². The second-order valence-corrected chi connectivity index (χ2v) is 5.54. The average Bonchev–Trinajstić information content (AvgIpc) is 2.76. The summed E-state index contributed by atoms with van der Waals surface area (Å²) < 4.78 is 16.6. The standard InChI is InChI=1S/C16H22N2O4/c1-20-13-8-11(9-14-15(13)22-7-6-21-14)10-18-12-4-2-3-5-17-16(12)19/h8-9,12,18H,2-7,10H2,1H3,(H,17,19)/t12-/m0/s1. The number of benzene rings is 1. The molecule has 0 aliphatic carbocycles. The molecule has 0 spiro atoms. The smallest absolute Gasteiger partial charge is 0.237 e. The predicted molar refractivity (Wildman–Crippen MR) is 81.5 cm³/mol. The largest absolute Gasteiger partial charge is 0.493 e. The highest BCUT2D eigenvalue weighted by Gasteiger charge is 2.21. The summed E-state index contributed by atoms with van der Waals surface area (Å²) in [5, 5.41) is 6.25. The Bertz CT molecular complexity index is 530. The zero-order valence-corrected chi connectivity index (χ0v) is 12.8. The predicted octanol–water partition coefficient (Wildman–Crippen LogP) is 1.22. The van der Waals surface area contributed by atoms with E-state index < -0.39 is 0 Å². The van der Waals surface area contributed by atoms with Gasteiger partial charge in [0.2, 0.25) is 11.7 Å². The highest BCUT2D eigenvalue weighted by molar-refractivity contribution is 5.81. The number of ether oxygens (including phenoxy) is 3. The van der Waals surface area contributed by atoms with Gasteiger partial charge in [-0.1, -0.05) is 0 Å². The summed E-state index contributed by atoms with van der Waals surface area (Å²) in [6, 6.07) is 3.73. The van der Waals surface area contributed by atoms with E-state index in [0.29, 0.717) is 37.0 Å². The molecule has 22 heavy (non-hydrogen) atoms. The maximum Gasteiger partial charge on any atom is 0.237 e. The second-order valence-electron chi connectivity index (χ2n) is 5.54. The summed E-state index contributed by atoms with van der Waals surface area (Å²) in [5.41, 5.74) is 1.01. The lowest BCUT2D eigenvalue weighted by molar-refractivity contribution is -0.122. The van der Waals surface area contributed by atoms with Crippen molar-refractivity contribution in [3.05, 3.63) is 17.7 Å². The molecule has 1 saturated heterocycles. The number of carbonyl (C=O) groups is 1. The lowest BCUT2D eigenvalue weighted by Gasteiger charge is -2.22. The number of hydrogen-bond donors (Lipinski definition) is 2. The minimum Gasteiger partial charge on any atom is -0.493 e. The summed E-state index contributed by atoms with van der Waals surface area (Å²) in [7, 11) is 1.61. The number of carbonyl (C=O) groups excluding carboxylic acids is 1. The molecule has 1 aromatic carbocycles. The van der Waals surface area contributed by atoms with E-state index in [2.05, 4.69) is 10.6 Å². The Labute approximate surface area is 130 Å². The molecule has 0 radical (unpaired) electrons. The first kappa shape index (κ1) is 15.0. The van der Waals surface area contributed by atoms with Crippen molar-refractivity contribution < 1.29 is 19.0 Å². The fourth-order valence-electron chi connectivity index (χ4n) is 2.80. The third-order valence-corrected chi connectivity index (χ3v) is 3.98. The number of fused-ring (bicyclic) bond motifs is 1. The molecule has 2 aliphatic rings. The first-order valence-corrected chi connectivity index (χ1v) is 7.75. The molecule has 1 aromatic rings. The highest BCUT2D eigenvalue weighted by Crippen LogP contribution is 2.40. The Morgan fingerprint density at radius 2 is 2.18 bits per heavy atom. The molecule has 6 heteroatoms. The fourth-order valence-corrected chi connectivity index (χ4v) is 2.80. The van der Waals surface area contributed by atoms with Gasteiger partial charge in [0.25, 0.3) is 0 Å². The molecule has 2 N–H and O–H groups in total. The normalized spacial score (nSPS) is 21.0. The van der Waals surface area contributed by atoms with Crippen LogP contribution in [-0.4, -0.2) is 38.8 Å². The van der Waals surface area contributed by atoms with Crippen LogP contribution in [0.2, 0.25) is 0 Å². The van der Waals surface area contributed by atoms with E-state index in [1.54, 1.807) is 7.11 Å². The van der Waals surface area contributed by atoms with Crippen LogP contribution < -0.4 is 24.8 Å². The van der Waals surface area contributed by atoms with Gasteiger partial charge in [-0.05, 0) is 37.0 Å². The van der Waals surface area contributed by atoms with E-state index in [0.717, 1.165) is 31.4 Å². The van der Waals surface area contributed by atoms with Crippen LogP contribution in [0.15, 0.2) is 12.1 Å². The van der Waals surface area contributed by atoms with Crippen LogP contribution >= 0.6 is 0 Å². The van der Waals surface area contributed by atoms with Crippen molar-refractivity contribution in [1.82, 2.24) is 10.6 Å². The maximum absolute atomic E-state index is 11.9. The highest BCUT2D eigenvalue weighted by atomic mass is 16.6. The van der Waals surface area contributed by atoms with Gasteiger partial charge in [0.05, 0.1) is 13.2 Å². The molecule has 2 heterocycles. The Kier molecular flexibility index (Phi) is 4.68. The Morgan fingerprint density at radius 3 is 3.05 bits per heavy atom. The third-order valence-electron chi connectivity index (χ3n) is 3.98. The van der Waals surface area contributed by atoms with Crippen LogP contribution in [0.5, 0.6) is 17.2 Å². The van der Waals surface area contributed by atoms with Crippen molar-refractivity contribution in [2.45, 2.75) is 31.8 Å². The number of nitrogens with one attached hydrogen (secondary N) is 2. The van der Waals surface area contributed by atoms with E-state index in [4.69, 9.17) is 14.2 Å². The molecule has 3 rings (SSSR count). The average molecular weight is 306 g/mol. The number of amides is 1. The molecule has 2 aliphatic heterocycles. The Balaban J connectivity index is 1.70. The molecule has 6 nitrogen and oxygen atoms in total. The van der Waals surface area contributed by atoms with Crippen molar-refractivity contribution in [1.29, 1.82) is 0 Å². The van der Waals surface area contributed by atoms with Crippen LogP contribution in [0.25, 0.3) is 0 Å². The van der Waals surface area contributed by atoms with E-state index >= 15 is 0 Å². The van der Waals surface area contributed by atoms with Crippen LogP contribution in [0.1, 0.15) is 24.8 Å². The monoisotopic (exact) mass is 306 g/mol. The van der Waals surface area contributed by atoms with Crippen LogP contribution in [0, 0.1) is 0 Å². The summed E-state index contributed by atoms with van der Waals surface area (Å²) in [6.45, 7) is 2.43. The minimum atomic E-state index is -0.137. The zero-order chi connectivity index (χ0) is 15.4. The Hall–Kier alpha value is -1.95. The van der Waals surface area contributed by atoms with Gasteiger partial charge in [0.15, 0.2) is 11.5 Å². The summed E-state index contributed by atoms with van der Waals surface area (Å²) in [5.74, 6) is 2.11. The topological polar surface area (TPSA) is 68.8 Å². The lowest BCUT2D eigenvalue weighted by atomic mass is 10.1. The molecule has 0 bridgehead atoms. The van der Waals surface area contributed by atoms with Gasteiger partial charge in [-0.15, -0.1) is 0 Å².